The molecule has 1 aliphatic carbocycles. The van der Waals surface area contributed by atoms with E-state index in [1.54, 1.807) is 6.08 Å². The molecule has 5 N–H and O–H groups in total. The van der Waals surface area contributed by atoms with Crippen molar-refractivity contribution in [3.63, 3.8) is 0 Å². The van der Waals surface area contributed by atoms with Crippen molar-refractivity contribution in [1.29, 1.82) is 0 Å². The molecule has 0 radical (unpaired) electrons. The summed E-state index contributed by atoms with van der Waals surface area (Å²) in [5.74, 6) is 1.20. The summed E-state index contributed by atoms with van der Waals surface area (Å²) in [6, 6.07) is 0.720. The minimum Gasteiger partial charge on any atom is -0.385 e. The molecule has 13 heavy (non-hydrogen) atoms. The third kappa shape index (κ3) is 1.76. The molecule has 2 atom stereocenters. The highest BCUT2D eigenvalue weighted by Crippen LogP contribution is 2.22. The molecule has 4 nitrogen and oxygen atoms in total. The monoisotopic (exact) mass is 180 g/mol. The van der Waals surface area contributed by atoms with Gasteiger partial charge in [-0.2, -0.15) is 0 Å². The smallest absolute Gasteiger partial charge is 0.122 e. The first-order valence-corrected chi connectivity index (χ1v) is 4.83. The summed E-state index contributed by atoms with van der Waals surface area (Å²) in [6.45, 7) is 0. The third-order valence-electron chi connectivity index (χ3n) is 2.70. The van der Waals surface area contributed by atoms with Gasteiger partial charge < -0.3 is 16.8 Å². The van der Waals surface area contributed by atoms with Crippen molar-refractivity contribution in [1.82, 2.24) is 5.32 Å². The second-order valence-corrected chi connectivity index (χ2v) is 3.76. The summed E-state index contributed by atoms with van der Waals surface area (Å²) in [4.78, 5) is 4.42. The van der Waals surface area contributed by atoms with E-state index in [-0.39, 0.29) is 0 Å². The van der Waals surface area contributed by atoms with Gasteiger partial charge in [0.05, 0.1) is 11.9 Å². The SMILES string of the molecule is NC1=CC(N)=N[C@@H]2CCCC[C@H]2N1. The molecule has 0 unspecified atom stereocenters. The maximum absolute atomic E-state index is 5.72. The van der Waals surface area contributed by atoms with Gasteiger partial charge in [-0.15, -0.1) is 0 Å². The van der Waals surface area contributed by atoms with Gasteiger partial charge in [-0.05, 0) is 12.8 Å². The molecular weight excluding hydrogens is 164 g/mol. The number of nitrogens with two attached hydrogens (primary N) is 2. The molecule has 4 heteroatoms. The van der Waals surface area contributed by atoms with Crippen LogP contribution in [0.3, 0.4) is 0 Å². The normalized spacial score (nSPS) is 33.5. The van der Waals surface area contributed by atoms with Crippen molar-refractivity contribution >= 4 is 5.84 Å². The second-order valence-electron chi connectivity index (χ2n) is 3.76. The lowest BCUT2D eigenvalue weighted by atomic mass is 9.91. The molecule has 0 aromatic heterocycles. The molecule has 0 aromatic rings. The molecule has 0 spiro atoms. The van der Waals surface area contributed by atoms with Gasteiger partial charge >= 0.3 is 0 Å². The number of hydrogen-bond donors (Lipinski definition) is 3. The van der Waals surface area contributed by atoms with E-state index in [0.29, 0.717) is 23.7 Å². The minimum absolute atomic E-state index is 0.325. The Kier molecular flexibility index (Phi) is 2.12. The lowest BCUT2D eigenvalue weighted by molar-refractivity contribution is 0.349. The number of amidine groups is 1. The van der Waals surface area contributed by atoms with Crippen molar-refractivity contribution in [2.45, 2.75) is 37.8 Å². The molecule has 2 rings (SSSR count). The van der Waals surface area contributed by atoms with Crippen LogP contribution < -0.4 is 16.8 Å². The van der Waals surface area contributed by atoms with Crippen LogP contribution in [0.25, 0.3) is 0 Å². The number of nitrogens with one attached hydrogen (secondary N) is 1. The van der Waals surface area contributed by atoms with E-state index in [9.17, 15) is 0 Å². The van der Waals surface area contributed by atoms with Gasteiger partial charge in [0, 0.05) is 12.1 Å². The zero-order valence-corrected chi connectivity index (χ0v) is 7.66. The van der Waals surface area contributed by atoms with Crippen molar-refractivity contribution in [3.05, 3.63) is 11.9 Å². The topological polar surface area (TPSA) is 76.4 Å². The van der Waals surface area contributed by atoms with E-state index in [1.165, 1.54) is 12.8 Å². The zero-order valence-electron chi connectivity index (χ0n) is 7.66. The fraction of sp³-hybridized carbons (Fsp3) is 0.667. The highest BCUT2D eigenvalue weighted by atomic mass is 15.1. The number of fused-ring (bicyclic) bond motifs is 1. The Labute approximate surface area is 78.1 Å². The Morgan fingerprint density at radius 1 is 1.31 bits per heavy atom. The zero-order chi connectivity index (χ0) is 9.26. The first kappa shape index (κ1) is 8.41. The Balaban J connectivity index is 2.18. The van der Waals surface area contributed by atoms with Gasteiger partial charge in [0.2, 0.25) is 0 Å². The Bertz CT molecular complexity index is 256. The predicted octanol–water partition coefficient (Wildman–Crippen LogP) is 0.0581. The molecule has 0 bridgehead atoms. The lowest BCUT2D eigenvalue weighted by Gasteiger charge is -2.28. The van der Waals surface area contributed by atoms with Crippen LogP contribution in [0.1, 0.15) is 25.7 Å². The van der Waals surface area contributed by atoms with Gasteiger partial charge in [-0.3, -0.25) is 4.99 Å². The molecule has 1 fully saturated rings. The highest BCUT2D eigenvalue weighted by molar-refractivity contribution is 5.92. The van der Waals surface area contributed by atoms with E-state index in [0.717, 1.165) is 12.8 Å². The van der Waals surface area contributed by atoms with E-state index < -0.39 is 0 Å². The van der Waals surface area contributed by atoms with Crippen LogP contribution in [0, 0.1) is 0 Å². The van der Waals surface area contributed by atoms with Crippen molar-refractivity contribution in [2.75, 3.05) is 0 Å². The molecule has 0 amide bonds. The molecule has 1 saturated carbocycles. The van der Waals surface area contributed by atoms with Gasteiger partial charge in [-0.25, -0.2) is 0 Å². The molecule has 0 saturated heterocycles. The fourth-order valence-electron chi connectivity index (χ4n) is 2.08. The minimum atomic E-state index is 0.325. The summed E-state index contributed by atoms with van der Waals surface area (Å²) in [5, 5.41) is 3.26. The summed E-state index contributed by atoms with van der Waals surface area (Å²) >= 11 is 0. The van der Waals surface area contributed by atoms with Gasteiger partial charge in [0.1, 0.15) is 5.84 Å². The number of hydrogen-bond acceptors (Lipinski definition) is 4. The largest absolute Gasteiger partial charge is 0.385 e. The van der Waals surface area contributed by atoms with Crippen molar-refractivity contribution < 1.29 is 0 Å². The number of aliphatic imine (C=N–C) groups is 1. The average Bonchev–Trinajstić information content (AvgIpc) is 2.20. The fourth-order valence-corrected chi connectivity index (χ4v) is 2.08. The number of rotatable bonds is 0. The van der Waals surface area contributed by atoms with Crippen LogP contribution >= 0.6 is 0 Å². The molecule has 72 valence electrons. The lowest BCUT2D eigenvalue weighted by Crippen LogP contribution is -2.41. The Hall–Kier alpha value is -1.19. The molecule has 1 aliphatic heterocycles. The predicted molar refractivity (Wildman–Crippen MR) is 53.1 cm³/mol. The van der Waals surface area contributed by atoms with Crippen LogP contribution in [-0.2, 0) is 0 Å². The first-order valence-electron chi connectivity index (χ1n) is 4.83. The molecule has 2 aliphatic rings. The van der Waals surface area contributed by atoms with Gasteiger partial charge in [0.15, 0.2) is 0 Å². The van der Waals surface area contributed by atoms with E-state index in [1.807, 2.05) is 0 Å². The maximum atomic E-state index is 5.72. The van der Waals surface area contributed by atoms with E-state index in [4.69, 9.17) is 11.5 Å². The summed E-state index contributed by atoms with van der Waals surface area (Å²) in [7, 11) is 0. The summed E-state index contributed by atoms with van der Waals surface area (Å²) < 4.78 is 0. The first-order chi connectivity index (χ1) is 6.25. The Morgan fingerprint density at radius 2 is 2.08 bits per heavy atom. The maximum Gasteiger partial charge on any atom is 0.122 e. The van der Waals surface area contributed by atoms with Crippen molar-refractivity contribution in [2.24, 2.45) is 16.5 Å². The average molecular weight is 180 g/mol. The molecule has 0 aromatic carbocycles. The van der Waals surface area contributed by atoms with Gasteiger partial charge in [-0.1, -0.05) is 12.8 Å². The quantitative estimate of drug-likeness (QED) is 0.493. The molecule has 1 heterocycles. The van der Waals surface area contributed by atoms with Crippen molar-refractivity contribution in [3.8, 4) is 0 Å². The van der Waals surface area contributed by atoms with E-state index in [2.05, 4.69) is 10.3 Å². The third-order valence-corrected chi connectivity index (χ3v) is 2.70. The van der Waals surface area contributed by atoms with Crippen LogP contribution in [-0.4, -0.2) is 17.9 Å². The number of nitrogens with zero attached hydrogens (tertiary/aromatic N) is 1. The highest BCUT2D eigenvalue weighted by Gasteiger charge is 2.26. The second kappa shape index (κ2) is 3.28. The standard InChI is InChI=1S/C9H16N4/c10-8-5-9(11)13-7-4-2-1-3-6(7)12-8/h5-7,12H,1-4,10H2,(H2,11,13)/t6-,7-/m1/s1. The van der Waals surface area contributed by atoms with Gasteiger partial charge in [0.25, 0.3) is 0 Å². The van der Waals surface area contributed by atoms with Crippen LogP contribution in [0.5, 0.6) is 0 Å². The van der Waals surface area contributed by atoms with Crippen LogP contribution in [0.4, 0.5) is 0 Å². The Morgan fingerprint density at radius 3 is 2.92 bits per heavy atom. The van der Waals surface area contributed by atoms with Crippen LogP contribution in [0.15, 0.2) is 16.9 Å². The van der Waals surface area contributed by atoms with E-state index >= 15 is 0 Å². The summed E-state index contributed by atoms with van der Waals surface area (Å²) in [6.07, 6.45) is 6.49. The van der Waals surface area contributed by atoms with Crippen LogP contribution in [0.2, 0.25) is 0 Å². The summed E-state index contributed by atoms with van der Waals surface area (Å²) in [5.41, 5.74) is 11.4. The molecular formula is C9H16N4.